The third kappa shape index (κ3) is 3.91. The fourth-order valence-corrected chi connectivity index (χ4v) is 4.02. The summed E-state index contributed by atoms with van der Waals surface area (Å²) in [6.07, 6.45) is 3.71. The van der Waals surface area contributed by atoms with Gasteiger partial charge in [-0.25, -0.2) is 0 Å². The monoisotopic (exact) mass is 395 g/mol. The molecule has 4 rings (SSSR count). The first-order chi connectivity index (χ1) is 14.2. The lowest BCUT2D eigenvalue weighted by Gasteiger charge is -2.33. The molecule has 1 aliphatic carbocycles. The Morgan fingerprint density at radius 2 is 2.14 bits per heavy atom. The van der Waals surface area contributed by atoms with Gasteiger partial charge in [-0.15, -0.1) is 0 Å². The van der Waals surface area contributed by atoms with Gasteiger partial charge in [-0.05, 0) is 37.1 Å². The normalized spacial score (nSPS) is 18.6. The molecule has 2 heterocycles. The number of ether oxygens (including phenoxy) is 1. The molecular formula is C22H25N3O4. The molecule has 2 aromatic rings. The van der Waals surface area contributed by atoms with Crippen LogP contribution in [-0.2, 0) is 14.3 Å². The number of furan rings is 1. The molecule has 152 valence electrons. The number of benzene rings is 1. The van der Waals surface area contributed by atoms with E-state index in [-0.39, 0.29) is 18.2 Å². The van der Waals surface area contributed by atoms with E-state index in [4.69, 9.17) is 9.15 Å². The fourth-order valence-electron chi connectivity index (χ4n) is 4.02. The van der Waals surface area contributed by atoms with Crippen LogP contribution in [-0.4, -0.2) is 38.5 Å². The fraction of sp³-hybridized carbons (Fsp3) is 0.364. The number of carbonyl (C=O) groups is 2. The van der Waals surface area contributed by atoms with Crippen molar-refractivity contribution < 1.29 is 18.7 Å². The molecule has 2 N–H and O–H groups in total. The van der Waals surface area contributed by atoms with Crippen molar-refractivity contribution in [1.82, 2.24) is 5.32 Å². The molecule has 1 aliphatic heterocycles. The topological polar surface area (TPSA) is 83.8 Å². The number of hydrogen-bond donors (Lipinski definition) is 2. The zero-order valence-corrected chi connectivity index (χ0v) is 16.4. The summed E-state index contributed by atoms with van der Waals surface area (Å²) in [5.41, 5.74) is 3.34. The lowest BCUT2D eigenvalue weighted by Crippen LogP contribution is -2.41. The van der Waals surface area contributed by atoms with Gasteiger partial charge in [0.25, 0.3) is 0 Å². The predicted molar refractivity (Wildman–Crippen MR) is 110 cm³/mol. The minimum absolute atomic E-state index is 0.0951. The number of nitrogens with zero attached hydrogens (tertiary/aromatic N) is 1. The van der Waals surface area contributed by atoms with Crippen LogP contribution in [0.5, 0.6) is 0 Å². The third-order valence-corrected chi connectivity index (χ3v) is 5.30. The molecular weight excluding hydrogens is 370 g/mol. The Kier molecular flexibility index (Phi) is 5.67. The number of rotatable bonds is 6. The largest absolute Gasteiger partial charge is 0.467 e. The van der Waals surface area contributed by atoms with Crippen molar-refractivity contribution in [3.8, 4) is 0 Å². The maximum atomic E-state index is 13.0. The molecule has 29 heavy (non-hydrogen) atoms. The van der Waals surface area contributed by atoms with Crippen molar-refractivity contribution in [2.24, 2.45) is 0 Å². The van der Waals surface area contributed by atoms with Gasteiger partial charge in [0, 0.05) is 31.3 Å². The van der Waals surface area contributed by atoms with Crippen LogP contribution >= 0.6 is 0 Å². The van der Waals surface area contributed by atoms with E-state index in [1.165, 1.54) is 0 Å². The summed E-state index contributed by atoms with van der Waals surface area (Å²) in [5.74, 6) is 0.606. The molecule has 1 aromatic carbocycles. The minimum atomic E-state index is -0.461. The number of methoxy groups -OCH3 is 1. The Labute approximate surface area is 169 Å². The zero-order valence-electron chi connectivity index (χ0n) is 16.4. The number of para-hydroxylation sites is 2. The standard InChI is InChI=1S/C22H25N3O4/c1-28-13-11-23-20(27)14-25-17-8-3-2-6-15(17)24-16-7-4-9-18(26)21(16)22(25)19-10-5-12-29-19/h2-3,5-6,8,10,12,22,24H,4,7,9,11,13-14H2,1H3,(H,23,27). The molecule has 0 bridgehead atoms. The summed E-state index contributed by atoms with van der Waals surface area (Å²) in [6, 6.07) is 11.0. The number of allylic oxidation sites excluding steroid dienone is 1. The predicted octanol–water partition coefficient (Wildman–Crippen LogP) is 3.02. The van der Waals surface area contributed by atoms with E-state index >= 15 is 0 Å². The lowest BCUT2D eigenvalue weighted by molar-refractivity contribution is -0.120. The number of ketones is 1. The van der Waals surface area contributed by atoms with E-state index in [2.05, 4.69) is 10.6 Å². The number of nitrogens with one attached hydrogen (secondary N) is 2. The highest BCUT2D eigenvalue weighted by atomic mass is 16.5. The van der Waals surface area contributed by atoms with Crippen LogP contribution in [0.1, 0.15) is 31.1 Å². The van der Waals surface area contributed by atoms with Crippen LogP contribution in [0.4, 0.5) is 11.4 Å². The van der Waals surface area contributed by atoms with E-state index in [0.717, 1.165) is 29.9 Å². The Bertz CT molecular complexity index is 920. The Morgan fingerprint density at radius 3 is 2.93 bits per heavy atom. The van der Waals surface area contributed by atoms with Crippen molar-refractivity contribution >= 4 is 23.1 Å². The lowest BCUT2D eigenvalue weighted by atomic mass is 9.88. The van der Waals surface area contributed by atoms with E-state index in [1.54, 1.807) is 13.4 Å². The Balaban J connectivity index is 1.79. The maximum Gasteiger partial charge on any atom is 0.239 e. The van der Waals surface area contributed by atoms with Crippen LogP contribution in [0.15, 0.2) is 58.3 Å². The second-order valence-electron chi connectivity index (χ2n) is 7.20. The SMILES string of the molecule is COCCNC(=O)CN1c2ccccc2NC2=C(C(=O)CCC2)C1c1ccco1. The molecule has 0 spiro atoms. The average molecular weight is 395 g/mol. The third-order valence-electron chi connectivity index (χ3n) is 5.30. The molecule has 0 saturated carbocycles. The first-order valence-electron chi connectivity index (χ1n) is 9.87. The van der Waals surface area contributed by atoms with Gasteiger partial charge in [0.15, 0.2) is 5.78 Å². The van der Waals surface area contributed by atoms with Crippen molar-refractivity contribution in [2.75, 3.05) is 37.0 Å². The molecule has 1 amide bonds. The number of fused-ring (bicyclic) bond motifs is 1. The number of anilines is 2. The quantitative estimate of drug-likeness (QED) is 0.732. The van der Waals surface area contributed by atoms with Crippen LogP contribution in [0.25, 0.3) is 0 Å². The Morgan fingerprint density at radius 1 is 1.28 bits per heavy atom. The molecule has 1 atom stereocenters. The van der Waals surface area contributed by atoms with E-state index < -0.39 is 6.04 Å². The number of Topliss-reactive ketones (excluding diaryl/α,β-unsaturated/α-hetero) is 1. The van der Waals surface area contributed by atoms with Gasteiger partial charge >= 0.3 is 0 Å². The van der Waals surface area contributed by atoms with Gasteiger partial charge in [0.05, 0.1) is 30.8 Å². The van der Waals surface area contributed by atoms with Crippen molar-refractivity contribution in [2.45, 2.75) is 25.3 Å². The van der Waals surface area contributed by atoms with Crippen molar-refractivity contribution in [3.05, 3.63) is 59.7 Å². The molecule has 0 fully saturated rings. The van der Waals surface area contributed by atoms with E-state index in [0.29, 0.717) is 30.9 Å². The summed E-state index contributed by atoms with van der Waals surface area (Å²) < 4.78 is 10.8. The van der Waals surface area contributed by atoms with Gasteiger partial charge in [-0.3, -0.25) is 9.59 Å². The van der Waals surface area contributed by atoms with Gasteiger partial charge in [0.1, 0.15) is 11.8 Å². The first-order valence-corrected chi connectivity index (χ1v) is 9.87. The summed E-state index contributed by atoms with van der Waals surface area (Å²) in [6.45, 7) is 0.971. The van der Waals surface area contributed by atoms with Crippen molar-refractivity contribution in [1.29, 1.82) is 0 Å². The van der Waals surface area contributed by atoms with Gasteiger partial charge in [0.2, 0.25) is 5.91 Å². The van der Waals surface area contributed by atoms with Crippen LogP contribution in [0, 0.1) is 0 Å². The van der Waals surface area contributed by atoms with E-state index in [1.807, 2.05) is 41.3 Å². The highest BCUT2D eigenvalue weighted by molar-refractivity contribution is 6.01. The smallest absolute Gasteiger partial charge is 0.239 e. The second-order valence-corrected chi connectivity index (χ2v) is 7.20. The Hall–Kier alpha value is -3.06. The average Bonchev–Trinajstić information content (AvgIpc) is 3.20. The summed E-state index contributed by atoms with van der Waals surface area (Å²) in [4.78, 5) is 27.7. The van der Waals surface area contributed by atoms with Gasteiger partial charge < -0.3 is 24.7 Å². The van der Waals surface area contributed by atoms with Crippen molar-refractivity contribution in [3.63, 3.8) is 0 Å². The minimum Gasteiger partial charge on any atom is -0.467 e. The molecule has 0 radical (unpaired) electrons. The summed E-state index contributed by atoms with van der Waals surface area (Å²) in [5, 5.41) is 6.34. The molecule has 0 saturated heterocycles. The molecule has 7 heteroatoms. The first kappa shape index (κ1) is 19.3. The highest BCUT2D eigenvalue weighted by Gasteiger charge is 2.38. The number of hydrogen-bond acceptors (Lipinski definition) is 6. The molecule has 2 aliphatic rings. The number of amides is 1. The van der Waals surface area contributed by atoms with Crippen LogP contribution in [0.2, 0.25) is 0 Å². The van der Waals surface area contributed by atoms with Gasteiger partial charge in [-0.1, -0.05) is 12.1 Å². The van der Waals surface area contributed by atoms with Crippen LogP contribution < -0.4 is 15.5 Å². The van der Waals surface area contributed by atoms with Gasteiger partial charge in [-0.2, -0.15) is 0 Å². The molecule has 1 unspecified atom stereocenters. The summed E-state index contributed by atoms with van der Waals surface area (Å²) in [7, 11) is 1.60. The number of carbonyl (C=O) groups excluding carboxylic acids is 2. The maximum absolute atomic E-state index is 13.0. The zero-order chi connectivity index (χ0) is 20.2. The molecule has 1 aromatic heterocycles. The second kappa shape index (κ2) is 8.53. The van der Waals surface area contributed by atoms with Crippen LogP contribution in [0.3, 0.4) is 0 Å². The van der Waals surface area contributed by atoms with E-state index in [9.17, 15) is 9.59 Å². The highest BCUT2D eigenvalue weighted by Crippen LogP contribution is 2.44. The molecule has 7 nitrogen and oxygen atoms in total. The summed E-state index contributed by atoms with van der Waals surface area (Å²) >= 11 is 0.